The molecule has 180 valence electrons. The summed E-state index contributed by atoms with van der Waals surface area (Å²) in [6.07, 6.45) is 3.07. The summed E-state index contributed by atoms with van der Waals surface area (Å²) in [6.45, 7) is 0.594. The first-order valence-electron chi connectivity index (χ1n) is 10.9. The molecule has 0 saturated carbocycles. The summed E-state index contributed by atoms with van der Waals surface area (Å²) >= 11 is 0. The van der Waals surface area contributed by atoms with E-state index in [2.05, 4.69) is 16.0 Å². The zero-order valence-corrected chi connectivity index (χ0v) is 19.5. The van der Waals surface area contributed by atoms with Gasteiger partial charge in [-0.1, -0.05) is 24.3 Å². The summed E-state index contributed by atoms with van der Waals surface area (Å²) in [5.74, 6) is 0.397. The number of anilines is 1. The molecule has 8 nitrogen and oxygen atoms in total. The molecule has 0 bridgehead atoms. The number of nitrogens with one attached hydrogen (secondary N) is 3. The molecule has 0 aliphatic carbocycles. The largest absolute Gasteiger partial charge is 0.493 e. The number of hydrogen-bond donors (Lipinski definition) is 3. The van der Waals surface area contributed by atoms with Gasteiger partial charge in [-0.2, -0.15) is 0 Å². The lowest BCUT2D eigenvalue weighted by Crippen LogP contribution is -2.34. The molecular weight excluding hydrogens is 446 g/mol. The van der Waals surface area contributed by atoms with E-state index in [1.54, 1.807) is 81.0 Å². The van der Waals surface area contributed by atoms with Crippen LogP contribution in [0.1, 0.15) is 26.3 Å². The number of carbonyl (C=O) groups is 3. The molecule has 3 rings (SSSR count). The molecule has 0 aliphatic heterocycles. The Morgan fingerprint density at radius 2 is 1.34 bits per heavy atom. The fourth-order valence-corrected chi connectivity index (χ4v) is 3.16. The van der Waals surface area contributed by atoms with Crippen LogP contribution in [0.25, 0.3) is 6.08 Å². The average Bonchev–Trinajstić information content (AvgIpc) is 2.90. The molecule has 0 fully saturated rings. The van der Waals surface area contributed by atoms with E-state index >= 15 is 0 Å². The molecule has 0 heterocycles. The maximum atomic E-state index is 12.3. The van der Waals surface area contributed by atoms with Gasteiger partial charge in [0.05, 0.1) is 14.2 Å². The Hall–Kier alpha value is -4.59. The first-order valence-corrected chi connectivity index (χ1v) is 10.9. The number of hydrogen-bond acceptors (Lipinski definition) is 5. The maximum Gasteiger partial charge on any atom is 0.251 e. The predicted octanol–water partition coefficient (Wildman–Crippen LogP) is 3.52. The molecule has 3 aromatic rings. The summed E-state index contributed by atoms with van der Waals surface area (Å²) in [5, 5.41) is 8.25. The number of methoxy groups -OCH3 is 2. The van der Waals surface area contributed by atoms with Crippen LogP contribution in [-0.2, 0) is 4.79 Å². The summed E-state index contributed by atoms with van der Waals surface area (Å²) in [6, 6.07) is 20.7. The van der Waals surface area contributed by atoms with Crippen LogP contribution in [-0.4, -0.2) is 45.0 Å². The average molecular weight is 474 g/mol. The summed E-state index contributed by atoms with van der Waals surface area (Å²) in [7, 11) is 3.11. The Balaban J connectivity index is 1.45. The van der Waals surface area contributed by atoms with Gasteiger partial charge in [0.15, 0.2) is 11.5 Å². The molecule has 35 heavy (non-hydrogen) atoms. The van der Waals surface area contributed by atoms with E-state index in [-0.39, 0.29) is 24.3 Å². The smallest absolute Gasteiger partial charge is 0.251 e. The standard InChI is InChI=1S/C27H27N3O5/c1-34-23-14-8-19(18-24(23)35-2)9-15-25(31)30-22-12-10-21(11-13-22)27(33)29-17-16-28-26(32)20-6-4-3-5-7-20/h3-15,18H,16-17H2,1-2H3,(H,28,32)(H,29,33)(H,30,31)/b15-9+. The molecule has 3 N–H and O–H groups in total. The van der Waals surface area contributed by atoms with Gasteiger partial charge < -0.3 is 25.4 Å². The highest BCUT2D eigenvalue weighted by Gasteiger charge is 2.08. The van der Waals surface area contributed by atoms with Crippen LogP contribution in [0.3, 0.4) is 0 Å². The zero-order valence-electron chi connectivity index (χ0n) is 19.5. The second-order valence-electron chi connectivity index (χ2n) is 7.39. The van der Waals surface area contributed by atoms with Crippen molar-refractivity contribution in [3.63, 3.8) is 0 Å². The minimum absolute atomic E-state index is 0.194. The molecular formula is C27H27N3O5. The van der Waals surface area contributed by atoms with Gasteiger partial charge in [0.25, 0.3) is 11.8 Å². The zero-order chi connectivity index (χ0) is 25.0. The van der Waals surface area contributed by atoms with E-state index < -0.39 is 0 Å². The lowest BCUT2D eigenvalue weighted by molar-refractivity contribution is -0.111. The first-order chi connectivity index (χ1) is 17.0. The van der Waals surface area contributed by atoms with E-state index in [1.165, 1.54) is 6.08 Å². The van der Waals surface area contributed by atoms with E-state index in [4.69, 9.17) is 9.47 Å². The van der Waals surface area contributed by atoms with E-state index in [9.17, 15) is 14.4 Å². The van der Waals surface area contributed by atoms with Gasteiger partial charge in [-0.15, -0.1) is 0 Å². The minimum atomic E-state index is -0.314. The first kappa shape index (κ1) is 25.0. The monoisotopic (exact) mass is 473 g/mol. The van der Waals surface area contributed by atoms with Crippen molar-refractivity contribution < 1.29 is 23.9 Å². The van der Waals surface area contributed by atoms with Crippen LogP contribution in [0.5, 0.6) is 11.5 Å². The van der Waals surface area contributed by atoms with Crippen LogP contribution < -0.4 is 25.4 Å². The Bertz CT molecular complexity index is 1190. The molecule has 0 saturated heterocycles. The SMILES string of the molecule is COc1ccc(/C=C/C(=O)Nc2ccc(C(=O)NCCNC(=O)c3ccccc3)cc2)cc1OC. The molecule has 0 atom stereocenters. The number of ether oxygens (including phenoxy) is 2. The third-order valence-electron chi connectivity index (χ3n) is 4.98. The Morgan fingerprint density at radius 3 is 1.94 bits per heavy atom. The quantitative estimate of drug-likeness (QED) is 0.309. The predicted molar refractivity (Wildman–Crippen MR) is 135 cm³/mol. The fraction of sp³-hybridized carbons (Fsp3) is 0.148. The van der Waals surface area contributed by atoms with Crippen molar-refractivity contribution >= 4 is 29.5 Å². The third kappa shape index (κ3) is 7.46. The van der Waals surface area contributed by atoms with E-state index in [0.717, 1.165) is 5.56 Å². The van der Waals surface area contributed by atoms with Crippen LogP contribution in [0.15, 0.2) is 78.9 Å². The number of amides is 3. The fourth-order valence-electron chi connectivity index (χ4n) is 3.16. The molecule has 8 heteroatoms. The van der Waals surface area contributed by atoms with Gasteiger partial charge in [0, 0.05) is 36.0 Å². The van der Waals surface area contributed by atoms with E-state index in [0.29, 0.717) is 34.9 Å². The lowest BCUT2D eigenvalue weighted by atomic mass is 10.1. The van der Waals surface area contributed by atoms with Gasteiger partial charge >= 0.3 is 0 Å². The van der Waals surface area contributed by atoms with Crippen molar-refractivity contribution in [2.75, 3.05) is 32.6 Å². The molecule has 0 aliphatic rings. The van der Waals surface area contributed by atoms with Crippen LogP contribution >= 0.6 is 0 Å². The second kappa shape index (κ2) is 12.6. The van der Waals surface area contributed by atoms with Gasteiger partial charge in [0.1, 0.15) is 0 Å². The van der Waals surface area contributed by atoms with Crippen molar-refractivity contribution in [1.82, 2.24) is 10.6 Å². The highest BCUT2D eigenvalue weighted by Crippen LogP contribution is 2.28. The van der Waals surface area contributed by atoms with Crippen molar-refractivity contribution in [2.24, 2.45) is 0 Å². The van der Waals surface area contributed by atoms with Crippen LogP contribution in [0.2, 0.25) is 0 Å². The number of rotatable bonds is 10. The van der Waals surface area contributed by atoms with Gasteiger partial charge in [0.2, 0.25) is 5.91 Å². The van der Waals surface area contributed by atoms with Crippen molar-refractivity contribution in [1.29, 1.82) is 0 Å². The molecule has 3 aromatic carbocycles. The lowest BCUT2D eigenvalue weighted by Gasteiger charge is -2.08. The van der Waals surface area contributed by atoms with Crippen molar-refractivity contribution in [2.45, 2.75) is 0 Å². The normalized spacial score (nSPS) is 10.5. The summed E-state index contributed by atoms with van der Waals surface area (Å²) in [4.78, 5) is 36.5. The van der Waals surface area contributed by atoms with Crippen molar-refractivity contribution in [3.05, 3.63) is 95.6 Å². The van der Waals surface area contributed by atoms with Crippen LogP contribution in [0, 0.1) is 0 Å². The second-order valence-corrected chi connectivity index (χ2v) is 7.39. The number of carbonyl (C=O) groups excluding carboxylic acids is 3. The van der Waals surface area contributed by atoms with E-state index in [1.807, 2.05) is 12.1 Å². The van der Waals surface area contributed by atoms with Gasteiger partial charge in [-0.3, -0.25) is 14.4 Å². The third-order valence-corrected chi connectivity index (χ3v) is 4.98. The maximum absolute atomic E-state index is 12.3. The van der Waals surface area contributed by atoms with Gasteiger partial charge in [-0.05, 0) is 60.2 Å². The Morgan fingerprint density at radius 1 is 0.743 bits per heavy atom. The van der Waals surface area contributed by atoms with Gasteiger partial charge in [-0.25, -0.2) is 0 Å². The molecule has 0 spiro atoms. The highest BCUT2D eigenvalue weighted by molar-refractivity contribution is 6.02. The Labute approximate surface area is 204 Å². The molecule has 0 unspecified atom stereocenters. The minimum Gasteiger partial charge on any atom is -0.493 e. The number of benzene rings is 3. The highest BCUT2D eigenvalue weighted by atomic mass is 16.5. The molecule has 0 radical (unpaired) electrons. The summed E-state index contributed by atoms with van der Waals surface area (Å²) in [5.41, 5.74) is 2.34. The Kier molecular flexibility index (Phi) is 9.01. The molecule has 3 amide bonds. The summed E-state index contributed by atoms with van der Waals surface area (Å²) < 4.78 is 10.5. The molecule has 0 aromatic heterocycles. The van der Waals surface area contributed by atoms with Crippen LogP contribution in [0.4, 0.5) is 5.69 Å². The topological polar surface area (TPSA) is 106 Å². The van der Waals surface area contributed by atoms with Crippen molar-refractivity contribution in [3.8, 4) is 11.5 Å².